The molecule has 8 heteroatoms. The standard InChI is InChI=1S/C16H23BrN4O2.ClH/c1-12-9-13(3-4-14(12)17)19-15(22)10-20(2)11-16(23)21-7-5-18-6-8-21;/h3-4,9,18H,5-8,10-11H2,1-2H3,(H,19,22);1H. The van der Waals surface area contributed by atoms with E-state index in [0.29, 0.717) is 0 Å². The van der Waals surface area contributed by atoms with Crippen molar-refractivity contribution in [3.05, 3.63) is 28.2 Å². The average molecular weight is 420 g/mol. The number of carbonyl (C=O) groups excluding carboxylic acids is 2. The minimum atomic E-state index is -0.123. The van der Waals surface area contributed by atoms with Crippen LogP contribution < -0.4 is 10.6 Å². The minimum Gasteiger partial charge on any atom is -0.339 e. The molecule has 0 radical (unpaired) electrons. The fourth-order valence-corrected chi connectivity index (χ4v) is 2.72. The minimum absolute atomic E-state index is 0. The molecule has 134 valence electrons. The van der Waals surface area contributed by atoms with Gasteiger partial charge in [-0.15, -0.1) is 12.4 Å². The van der Waals surface area contributed by atoms with Crippen molar-refractivity contribution < 1.29 is 9.59 Å². The Bertz CT molecular complexity index is 579. The van der Waals surface area contributed by atoms with E-state index in [1.165, 1.54) is 0 Å². The lowest BCUT2D eigenvalue weighted by Crippen LogP contribution is -2.49. The quantitative estimate of drug-likeness (QED) is 0.759. The van der Waals surface area contributed by atoms with Crippen LogP contribution in [0.5, 0.6) is 0 Å². The van der Waals surface area contributed by atoms with E-state index in [0.717, 1.165) is 41.9 Å². The Hall–Kier alpha value is -1.15. The van der Waals surface area contributed by atoms with Crippen molar-refractivity contribution in [2.24, 2.45) is 0 Å². The van der Waals surface area contributed by atoms with Gasteiger partial charge in [0.15, 0.2) is 0 Å². The second-order valence-electron chi connectivity index (χ2n) is 5.82. The number of hydrogen-bond donors (Lipinski definition) is 2. The fourth-order valence-electron chi connectivity index (χ4n) is 2.47. The normalized spacial score (nSPS) is 14.2. The number of carbonyl (C=O) groups is 2. The van der Waals surface area contributed by atoms with Gasteiger partial charge in [0.05, 0.1) is 13.1 Å². The summed E-state index contributed by atoms with van der Waals surface area (Å²) in [6.07, 6.45) is 0. The Balaban J connectivity index is 0.00000288. The molecule has 2 N–H and O–H groups in total. The summed E-state index contributed by atoms with van der Waals surface area (Å²) in [6.45, 7) is 5.55. The number of amides is 2. The van der Waals surface area contributed by atoms with Crippen molar-refractivity contribution in [1.82, 2.24) is 15.1 Å². The van der Waals surface area contributed by atoms with Crippen molar-refractivity contribution in [2.45, 2.75) is 6.92 Å². The van der Waals surface area contributed by atoms with Gasteiger partial charge in [0.2, 0.25) is 11.8 Å². The number of nitrogens with one attached hydrogen (secondary N) is 2. The van der Waals surface area contributed by atoms with Gasteiger partial charge in [-0.05, 0) is 37.7 Å². The van der Waals surface area contributed by atoms with E-state index in [4.69, 9.17) is 0 Å². The number of nitrogens with zero attached hydrogens (tertiary/aromatic N) is 2. The largest absolute Gasteiger partial charge is 0.339 e. The lowest BCUT2D eigenvalue weighted by atomic mass is 10.2. The summed E-state index contributed by atoms with van der Waals surface area (Å²) >= 11 is 3.43. The SMILES string of the molecule is Cc1cc(NC(=O)CN(C)CC(=O)N2CCNCC2)ccc1Br.Cl. The zero-order valence-electron chi connectivity index (χ0n) is 14.0. The topological polar surface area (TPSA) is 64.7 Å². The first-order valence-corrected chi connectivity index (χ1v) is 8.48. The first-order chi connectivity index (χ1) is 11.0. The predicted octanol–water partition coefficient (Wildman–Crippen LogP) is 1.48. The third-order valence-electron chi connectivity index (χ3n) is 3.73. The van der Waals surface area contributed by atoms with Gasteiger partial charge in [-0.1, -0.05) is 15.9 Å². The monoisotopic (exact) mass is 418 g/mol. The summed E-state index contributed by atoms with van der Waals surface area (Å²) in [6, 6.07) is 5.66. The smallest absolute Gasteiger partial charge is 0.238 e. The van der Waals surface area contributed by atoms with Gasteiger partial charge in [-0.25, -0.2) is 0 Å². The third kappa shape index (κ3) is 6.39. The van der Waals surface area contributed by atoms with Crippen molar-refractivity contribution >= 4 is 45.8 Å². The van der Waals surface area contributed by atoms with Crippen LogP contribution in [0.1, 0.15) is 5.56 Å². The van der Waals surface area contributed by atoms with Crippen LogP contribution in [0.15, 0.2) is 22.7 Å². The number of benzene rings is 1. The maximum absolute atomic E-state index is 12.2. The molecule has 0 saturated carbocycles. The summed E-state index contributed by atoms with van der Waals surface area (Å²) in [5.41, 5.74) is 1.82. The van der Waals surface area contributed by atoms with Crippen LogP contribution in [-0.4, -0.2) is 67.9 Å². The Morgan fingerprint density at radius 1 is 1.29 bits per heavy atom. The van der Waals surface area contributed by atoms with E-state index in [2.05, 4.69) is 26.6 Å². The van der Waals surface area contributed by atoms with Crippen LogP contribution in [-0.2, 0) is 9.59 Å². The van der Waals surface area contributed by atoms with E-state index < -0.39 is 0 Å². The third-order valence-corrected chi connectivity index (χ3v) is 4.62. The molecule has 1 aliphatic heterocycles. The number of aryl methyl sites for hydroxylation is 1. The summed E-state index contributed by atoms with van der Waals surface area (Å²) in [4.78, 5) is 27.8. The van der Waals surface area contributed by atoms with Crippen LogP contribution in [0.3, 0.4) is 0 Å². The summed E-state index contributed by atoms with van der Waals surface area (Å²) in [7, 11) is 1.78. The zero-order chi connectivity index (χ0) is 16.8. The van der Waals surface area contributed by atoms with E-state index in [1.807, 2.05) is 30.0 Å². The number of rotatable bonds is 5. The molecular weight excluding hydrogens is 396 g/mol. The zero-order valence-corrected chi connectivity index (χ0v) is 16.4. The van der Waals surface area contributed by atoms with Crippen LogP contribution in [0, 0.1) is 6.92 Å². The van der Waals surface area contributed by atoms with Gasteiger partial charge in [-0.2, -0.15) is 0 Å². The Morgan fingerprint density at radius 2 is 1.96 bits per heavy atom. The van der Waals surface area contributed by atoms with Crippen molar-refractivity contribution in [3.63, 3.8) is 0 Å². The van der Waals surface area contributed by atoms with Gasteiger partial charge in [0.25, 0.3) is 0 Å². The molecule has 0 spiro atoms. The Labute approximate surface area is 157 Å². The van der Waals surface area contributed by atoms with E-state index in [1.54, 1.807) is 11.9 Å². The summed E-state index contributed by atoms with van der Waals surface area (Å²) in [5, 5.41) is 6.07. The predicted molar refractivity (Wildman–Crippen MR) is 102 cm³/mol. The molecule has 0 unspecified atom stereocenters. The Kier molecular flexibility index (Phi) is 8.69. The van der Waals surface area contributed by atoms with Crippen LogP contribution >= 0.6 is 28.3 Å². The molecule has 2 amide bonds. The lowest BCUT2D eigenvalue weighted by molar-refractivity contribution is -0.133. The maximum Gasteiger partial charge on any atom is 0.238 e. The highest BCUT2D eigenvalue weighted by molar-refractivity contribution is 9.10. The van der Waals surface area contributed by atoms with E-state index >= 15 is 0 Å². The molecule has 24 heavy (non-hydrogen) atoms. The fraction of sp³-hybridized carbons (Fsp3) is 0.500. The van der Waals surface area contributed by atoms with Crippen molar-refractivity contribution in [3.8, 4) is 0 Å². The molecule has 2 rings (SSSR count). The maximum atomic E-state index is 12.2. The molecule has 1 aliphatic rings. The molecule has 0 atom stereocenters. The number of piperazine rings is 1. The molecule has 1 saturated heterocycles. The highest BCUT2D eigenvalue weighted by atomic mass is 79.9. The number of likely N-dealkylation sites (N-methyl/N-ethyl adjacent to an activating group) is 1. The van der Waals surface area contributed by atoms with Crippen molar-refractivity contribution in [1.29, 1.82) is 0 Å². The number of anilines is 1. The van der Waals surface area contributed by atoms with E-state index in [9.17, 15) is 9.59 Å². The highest BCUT2D eigenvalue weighted by Gasteiger charge is 2.18. The molecule has 0 bridgehead atoms. The molecule has 1 heterocycles. The summed E-state index contributed by atoms with van der Waals surface area (Å²) < 4.78 is 1.01. The number of halogens is 2. The molecule has 1 fully saturated rings. The first kappa shape index (κ1) is 20.9. The van der Waals surface area contributed by atoms with Crippen molar-refractivity contribution in [2.75, 3.05) is 51.6 Å². The molecule has 0 aliphatic carbocycles. The van der Waals surface area contributed by atoms with Gasteiger partial charge in [-0.3, -0.25) is 14.5 Å². The molecule has 1 aromatic rings. The Morgan fingerprint density at radius 3 is 2.58 bits per heavy atom. The number of hydrogen-bond acceptors (Lipinski definition) is 4. The average Bonchev–Trinajstić information content (AvgIpc) is 2.51. The molecule has 1 aromatic carbocycles. The van der Waals surface area contributed by atoms with Gasteiger partial charge >= 0.3 is 0 Å². The van der Waals surface area contributed by atoms with Crippen LogP contribution in [0.4, 0.5) is 5.69 Å². The summed E-state index contributed by atoms with van der Waals surface area (Å²) in [5.74, 6) is -0.0522. The lowest BCUT2D eigenvalue weighted by Gasteiger charge is -2.29. The van der Waals surface area contributed by atoms with E-state index in [-0.39, 0.29) is 37.3 Å². The highest BCUT2D eigenvalue weighted by Crippen LogP contribution is 2.19. The van der Waals surface area contributed by atoms with Crippen LogP contribution in [0.2, 0.25) is 0 Å². The molecular formula is C16H24BrClN4O2. The first-order valence-electron chi connectivity index (χ1n) is 7.69. The van der Waals surface area contributed by atoms with Gasteiger partial charge < -0.3 is 15.5 Å². The second-order valence-corrected chi connectivity index (χ2v) is 6.67. The second kappa shape index (κ2) is 9.98. The molecule has 0 aromatic heterocycles. The van der Waals surface area contributed by atoms with Crippen LogP contribution in [0.25, 0.3) is 0 Å². The van der Waals surface area contributed by atoms with Gasteiger partial charge in [0.1, 0.15) is 0 Å². The van der Waals surface area contributed by atoms with Gasteiger partial charge in [0, 0.05) is 36.3 Å². The molecule has 6 nitrogen and oxygen atoms in total.